The molecule has 0 aliphatic carbocycles. The predicted molar refractivity (Wildman–Crippen MR) is 104 cm³/mol. The second-order valence-corrected chi connectivity index (χ2v) is 7.95. The standard InChI is InChI=1S/C19H17N3O6S/c20-13-16(24)22-14(19(27)28)11(8-29-17(13)22)7-10-5-6-21(15(10)23)12-3-1-9(2-4-12)18(25)26/h1-4,7,13,17H,5-6,8,20H2,(H,25,26)(H,27,28)/t13-,17-/m1/s1. The number of nitrogens with two attached hydrogens (primary N) is 1. The number of allylic oxidation sites excluding steroid dienone is 1. The van der Waals surface area contributed by atoms with Gasteiger partial charge in [0.05, 0.1) is 5.56 Å². The van der Waals surface area contributed by atoms with E-state index in [0.717, 1.165) is 0 Å². The number of carbonyl (C=O) groups excluding carboxylic acids is 2. The average molecular weight is 415 g/mol. The number of nitrogens with zero attached hydrogens (tertiary/aromatic N) is 2. The summed E-state index contributed by atoms with van der Waals surface area (Å²) in [4.78, 5) is 50.3. The van der Waals surface area contributed by atoms with Crippen molar-refractivity contribution >= 4 is 41.2 Å². The molecule has 0 aromatic heterocycles. The number of carbonyl (C=O) groups is 4. The second kappa shape index (κ2) is 7.05. The van der Waals surface area contributed by atoms with E-state index < -0.39 is 23.9 Å². The number of amides is 2. The van der Waals surface area contributed by atoms with Crippen LogP contribution in [0.3, 0.4) is 0 Å². The van der Waals surface area contributed by atoms with Crippen molar-refractivity contribution in [3.63, 3.8) is 0 Å². The van der Waals surface area contributed by atoms with Gasteiger partial charge in [-0.2, -0.15) is 0 Å². The molecule has 0 saturated carbocycles. The van der Waals surface area contributed by atoms with Crippen molar-refractivity contribution in [3.8, 4) is 0 Å². The average Bonchev–Trinajstić information content (AvgIpc) is 3.07. The molecule has 9 nitrogen and oxygen atoms in total. The molecule has 2 atom stereocenters. The maximum absolute atomic E-state index is 12.8. The number of aromatic carboxylic acids is 1. The molecule has 1 aromatic rings. The summed E-state index contributed by atoms with van der Waals surface area (Å²) in [6, 6.07) is 5.27. The molecule has 0 spiro atoms. The van der Waals surface area contributed by atoms with Gasteiger partial charge in [-0.15, -0.1) is 11.8 Å². The zero-order valence-corrected chi connectivity index (χ0v) is 15.9. The van der Waals surface area contributed by atoms with E-state index in [-0.39, 0.29) is 22.5 Å². The largest absolute Gasteiger partial charge is 0.478 e. The molecule has 0 bridgehead atoms. The molecule has 4 N–H and O–H groups in total. The summed E-state index contributed by atoms with van der Waals surface area (Å²) in [5.74, 6) is -2.65. The Kier molecular flexibility index (Phi) is 4.67. The zero-order chi connectivity index (χ0) is 20.9. The van der Waals surface area contributed by atoms with Crippen molar-refractivity contribution in [2.24, 2.45) is 5.73 Å². The zero-order valence-electron chi connectivity index (χ0n) is 15.1. The van der Waals surface area contributed by atoms with Gasteiger partial charge in [-0.05, 0) is 42.3 Å². The van der Waals surface area contributed by atoms with Crippen LogP contribution in [-0.2, 0) is 14.4 Å². The topological polar surface area (TPSA) is 141 Å². The molecular weight excluding hydrogens is 398 g/mol. The highest BCUT2D eigenvalue weighted by Crippen LogP contribution is 2.40. The summed E-state index contributed by atoms with van der Waals surface area (Å²) < 4.78 is 0. The molecule has 2 saturated heterocycles. The van der Waals surface area contributed by atoms with Gasteiger partial charge in [-0.3, -0.25) is 14.5 Å². The molecule has 10 heteroatoms. The van der Waals surface area contributed by atoms with Crippen molar-refractivity contribution in [3.05, 3.63) is 52.7 Å². The van der Waals surface area contributed by atoms with Crippen LogP contribution in [0.25, 0.3) is 0 Å². The number of carboxylic acid groups (broad SMARTS) is 2. The fraction of sp³-hybridized carbons (Fsp3) is 0.263. The van der Waals surface area contributed by atoms with Gasteiger partial charge in [0.15, 0.2) is 0 Å². The molecule has 1 aromatic carbocycles. The minimum absolute atomic E-state index is 0.120. The van der Waals surface area contributed by atoms with Gasteiger partial charge < -0.3 is 20.8 Å². The van der Waals surface area contributed by atoms with Crippen LogP contribution in [-0.4, -0.2) is 62.6 Å². The van der Waals surface area contributed by atoms with Gasteiger partial charge in [0.25, 0.3) is 5.91 Å². The van der Waals surface area contributed by atoms with E-state index in [1.54, 1.807) is 18.2 Å². The van der Waals surface area contributed by atoms with Crippen LogP contribution in [0.5, 0.6) is 0 Å². The van der Waals surface area contributed by atoms with Gasteiger partial charge in [0, 0.05) is 23.6 Å². The van der Waals surface area contributed by atoms with Crippen LogP contribution in [0.15, 0.2) is 47.2 Å². The maximum atomic E-state index is 12.8. The molecule has 29 heavy (non-hydrogen) atoms. The van der Waals surface area contributed by atoms with Crippen molar-refractivity contribution in [1.82, 2.24) is 4.90 Å². The Morgan fingerprint density at radius 3 is 2.45 bits per heavy atom. The molecule has 0 radical (unpaired) electrons. The third-order valence-corrected chi connectivity index (χ3v) is 6.46. The van der Waals surface area contributed by atoms with Crippen LogP contribution < -0.4 is 10.6 Å². The third-order valence-electron chi connectivity index (χ3n) is 5.14. The first kappa shape index (κ1) is 19.2. The lowest BCUT2D eigenvalue weighted by Gasteiger charge is -2.47. The van der Waals surface area contributed by atoms with E-state index in [9.17, 15) is 24.3 Å². The number of benzene rings is 1. The molecule has 150 valence electrons. The van der Waals surface area contributed by atoms with E-state index in [1.807, 2.05) is 0 Å². The number of hydrogen-bond acceptors (Lipinski definition) is 6. The lowest BCUT2D eigenvalue weighted by molar-refractivity contribution is -0.147. The molecule has 3 aliphatic heterocycles. The van der Waals surface area contributed by atoms with Gasteiger partial charge in [0.2, 0.25) is 5.91 Å². The van der Waals surface area contributed by atoms with Crippen molar-refractivity contribution in [1.29, 1.82) is 0 Å². The Hall–Kier alpha value is -3.11. The normalized spacial score (nSPS) is 25.3. The van der Waals surface area contributed by atoms with Crippen molar-refractivity contribution in [2.45, 2.75) is 17.8 Å². The number of aliphatic carboxylic acids is 1. The van der Waals surface area contributed by atoms with Crippen molar-refractivity contribution in [2.75, 3.05) is 17.2 Å². The maximum Gasteiger partial charge on any atom is 0.352 e. The molecule has 4 rings (SSSR count). The first-order valence-electron chi connectivity index (χ1n) is 8.82. The van der Waals surface area contributed by atoms with Crippen LogP contribution in [0.2, 0.25) is 0 Å². The fourth-order valence-corrected chi connectivity index (χ4v) is 4.89. The summed E-state index contributed by atoms with van der Waals surface area (Å²) in [6.07, 6.45) is 1.97. The minimum Gasteiger partial charge on any atom is -0.478 e. The highest BCUT2D eigenvalue weighted by atomic mass is 32.2. The van der Waals surface area contributed by atoms with E-state index in [4.69, 9.17) is 10.8 Å². The summed E-state index contributed by atoms with van der Waals surface area (Å²) in [6.45, 7) is 0.399. The smallest absolute Gasteiger partial charge is 0.352 e. The Bertz CT molecular complexity index is 1000. The molecule has 3 heterocycles. The summed E-state index contributed by atoms with van der Waals surface area (Å²) in [5, 5.41) is 18.2. The quantitative estimate of drug-likeness (QED) is 0.480. The van der Waals surface area contributed by atoms with Gasteiger partial charge in [-0.1, -0.05) is 0 Å². The highest BCUT2D eigenvalue weighted by Gasteiger charge is 2.51. The Morgan fingerprint density at radius 2 is 1.83 bits per heavy atom. The number of hydrogen-bond donors (Lipinski definition) is 3. The van der Waals surface area contributed by atoms with Gasteiger partial charge in [0.1, 0.15) is 17.1 Å². The molecular formula is C19H17N3O6S. The minimum atomic E-state index is -1.23. The molecule has 2 amide bonds. The number of fused-ring (bicyclic) bond motifs is 1. The highest BCUT2D eigenvalue weighted by molar-refractivity contribution is 8.00. The number of anilines is 1. The van der Waals surface area contributed by atoms with E-state index in [0.29, 0.717) is 35.6 Å². The first-order chi connectivity index (χ1) is 13.8. The van der Waals surface area contributed by atoms with Crippen LogP contribution in [0, 0.1) is 0 Å². The van der Waals surface area contributed by atoms with Gasteiger partial charge in [-0.25, -0.2) is 9.59 Å². The van der Waals surface area contributed by atoms with Crippen LogP contribution in [0.1, 0.15) is 16.8 Å². The first-order valence-corrected chi connectivity index (χ1v) is 9.87. The molecule has 0 unspecified atom stereocenters. The number of β-lactam (4-membered cyclic amide) rings is 1. The number of carboxylic acids is 2. The second-order valence-electron chi connectivity index (χ2n) is 6.84. The third kappa shape index (κ3) is 3.10. The summed E-state index contributed by atoms with van der Waals surface area (Å²) >= 11 is 1.37. The lowest BCUT2D eigenvalue weighted by Crippen LogP contribution is -2.68. The van der Waals surface area contributed by atoms with Crippen molar-refractivity contribution < 1.29 is 29.4 Å². The molecule has 3 aliphatic rings. The number of thioether (sulfide) groups is 1. The monoisotopic (exact) mass is 415 g/mol. The predicted octanol–water partition coefficient (Wildman–Crippen LogP) is 0.629. The lowest BCUT2D eigenvalue weighted by atomic mass is 10.0. The van der Waals surface area contributed by atoms with E-state index >= 15 is 0 Å². The van der Waals surface area contributed by atoms with E-state index in [2.05, 4.69) is 0 Å². The summed E-state index contributed by atoms with van der Waals surface area (Å²) in [7, 11) is 0. The van der Waals surface area contributed by atoms with Gasteiger partial charge >= 0.3 is 11.9 Å². The summed E-state index contributed by atoms with van der Waals surface area (Å²) in [5.41, 5.74) is 7.16. The Morgan fingerprint density at radius 1 is 1.14 bits per heavy atom. The van der Waals surface area contributed by atoms with E-state index in [1.165, 1.54) is 33.7 Å². The molecule has 2 fully saturated rings. The Balaban J connectivity index is 1.61. The fourth-order valence-electron chi connectivity index (χ4n) is 3.64. The number of rotatable bonds is 4. The van der Waals surface area contributed by atoms with Crippen LogP contribution in [0.4, 0.5) is 5.69 Å². The van der Waals surface area contributed by atoms with Crippen LogP contribution >= 0.6 is 11.8 Å². The Labute approximate surface area is 169 Å². The SMILES string of the molecule is N[C@@H]1C(=O)N2C(C(=O)O)=C(C=C3CCN(c4ccc(C(=O)O)cc4)C3=O)CS[C@H]12.